The number of H-pyrrole nitrogens is 1. The van der Waals surface area contributed by atoms with Crippen molar-refractivity contribution in [2.45, 2.75) is 13.5 Å². The zero-order chi connectivity index (χ0) is 14.7. The van der Waals surface area contributed by atoms with Gasteiger partial charge in [-0.1, -0.05) is 23.7 Å². The van der Waals surface area contributed by atoms with Gasteiger partial charge in [0.05, 0.1) is 12.3 Å². The maximum atomic E-state index is 6.06. The van der Waals surface area contributed by atoms with Crippen molar-refractivity contribution in [3.8, 4) is 5.75 Å². The van der Waals surface area contributed by atoms with E-state index in [4.69, 9.17) is 16.3 Å². The van der Waals surface area contributed by atoms with Gasteiger partial charge >= 0.3 is 0 Å². The molecule has 0 saturated carbocycles. The van der Waals surface area contributed by atoms with Crippen LogP contribution >= 0.6 is 11.6 Å². The number of aromatic nitrogens is 1. The van der Waals surface area contributed by atoms with E-state index in [-0.39, 0.29) is 0 Å². The van der Waals surface area contributed by atoms with Crippen LogP contribution in [0, 0.1) is 0 Å². The third-order valence-corrected chi connectivity index (χ3v) is 3.58. The standard InChI is InChI=1S/C17H17ClN2O/c1-2-21-17-6-5-14(18)10-16(17)20-11-12-3-4-13-7-8-19-15(13)9-12/h3-10,19-20H,2,11H2,1H3. The number of hydrogen-bond donors (Lipinski definition) is 2. The molecule has 0 aliphatic carbocycles. The second kappa shape index (κ2) is 6.10. The minimum absolute atomic E-state index is 0.630. The lowest BCUT2D eigenvalue weighted by Crippen LogP contribution is -2.02. The number of rotatable bonds is 5. The average Bonchev–Trinajstić information content (AvgIpc) is 2.95. The predicted octanol–water partition coefficient (Wildman–Crippen LogP) is 4.83. The first-order valence-corrected chi connectivity index (χ1v) is 7.36. The summed E-state index contributed by atoms with van der Waals surface area (Å²) in [5.74, 6) is 0.822. The van der Waals surface area contributed by atoms with Crippen molar-refractivity contribution < 1.29 is 4.74 Å². The first-order valence-electron chi connectivity index (χ1n) is 6.98. The van der Waals surface area contributed by atoms with Crippen molar-refractivity contribution in [1.82, 2.24) is 4.98 Å². The molecule has 2 aromatic carbocycles. The zero-order valence-electron chi connectivity index (χ0n) is 11.8. The normalized spacial score (nSPS) is 10.8. The molecule has 1 heterocycles. The van der Waals surface area contributed by atoms with Crippen LogP contribution in [-0.4, -0.2) is 11.6 Å². The fraction of sp³-hybridized carbons (Fsp3) is 0.176. The van der Waals surface area contributed by atoms with Crippen molar-refractivity contribution in [1.29, 1.82) is 0 Å². The van der Waals surface area contributed by atoms with Crippen molar-refractivity contribution >= 4 is 28.2 Å². The van der Waals surface area contributed by atoms with Crippen LogP contribution in [0.15, 0.2) is 48.7 Å². The average molecular weight is 301 g/mol. The van der Waals surface area contributed by atoms with E-state index in [1.807, 2.05) is 31.3 Å². The summed E-state index contributed by atoms with van der Waals surface area (Å²) in [4.78, 5) is 3.23. The minimum atomic E-state index is 0.630. The molecular formula is C17H17ClN2O. The molecule has 2 N–H and O–H groups in total. The highest BCUT2D eigenvalue weighted by molar-refractivity contribution is 6.30. The molecule has 0 bridgehead atoms. The molecule has 0 aliphatic heterocycles. The van der Waals surface area contributed by atoms with Gasteiger partial charge in [0, 0.05) is 23.3 Å². The van der Waals surface area contributed by atoms with Crippen molar-refractivity contribution in [2.24, 2.45) is 0 Å². The van der Waals surface area contributed by atoms with Crippen LogP contribution in [0.5, 0.6) is 5.75 Å². The van der Waals surface area contributed by atoms with E-state index in [0.29, 0.717) is 11.6 Å². The highest BCUT2D eigenvalue weighted by atomic mass is 35.5. The zero-order valence-corrected chi connectivity index (χ0v) is 12.6. The van der Waals surface area contributed by atoms with Gasteiger partial charge in [-0.05, 0) is 48.2 Å². The van der Waals surface area contributed by atoms with Crippen LogP contribution in [-0.2, 0) is 6.54 Å². The molecule has 3 aromatic rings. The third-order valence-electron chi connectivity index (χ3n) is 3.34. The summed E-state index contributed by atoms with van der Waals surface area (Å²) in [5.41, 5.74) is 3.26. The quantitative estimate of drug-likeness (QED) is 0.708. The van der Waals surface area contributed by atoms with Crippen molar-refractivity contribution in [2.75, 3.05) is 11.9 Å². The molecule has 3 nitrogen and oxygen atoms in total. The number of hydrogen-bond acceptors (Lipinski definition) is 2. The van der Waals surface area contributed by atoms with Gasteiger partial charge in [0.2, 0.25) is 0 Å². The predicted molar refractivity (Wildman–Crippen MR) is 88.2 cm³/mol. The van der Waals surface area contributed by atoms with E-state index in [1.54, 1.807) is 0 Å². The first-order chi connectivity index (χ1) is 10.3. The second-order valence-corrected chi connectivity index (χ2v) is 5.26. The van der Waals surface area contributed by atoms with Crippen LogP contribution in [0.1, 0.15) is 12.5 Å². The molecule has 108 valence electrons. The molecule has 0 fully saturated rings. The Bertz CT molecular complexity index is 751. The van der Waals surface area contributed by atoms with Gasteiger partial charge in [0.25, 0.3) is 0 Å². The Morgan fingerprint density at radius 3 is 2.90 bits per heavy atom. The van der Waals surface area contributed by atoms with Crippen LogP contribution < -0.4 is 10.1 Å². The van der Waals surface area contributed by atoms with E-state index in [1.165, 1.54) is 10.9 Å². The van der Waals surface area contributed by atoms with Gasteiger partial charge in [0.15, 0.2) is 0 Å². The van der Waals surface area contributed by atoms with E-state index < -0.39 is 0 Å². The molecule has 0 saturated heterocycles. The molecule has 3 rings (SSSR count). The van der Waals surface area contributed by atoms with Gasteiger partial charge in [-0.25, -0.2) is 0 Å². The maximum absolute atomic E-state index is 6.06. The van der Waals surface area contributed by atoms with E-state index in [2.05, 4.69) is 34.6 Å². The van der Waals surface area contributed by atoms with E-state index in [9.17, 15) is 0 Å². The summed E-state index contributed by atoms with van der Waals surface area (Å²) in [6, 6.07) is 14.1. The molecule has 0 spiro atoms. The Morgan fingerprint density at radius 1 is 1.14 bits per heavy atom. The summed E-state index contributed by atoms with van der Waals surface area (Å²) >= 11 is 6.06. The van der Waals surface area contributed by atoms with Crippen LogP contribution in [0.2, 0.25) is 5.02 Å². The van der Waals surface area contributed by atoms with Crippen molar-refractivity contribution in [3.05, 3.63) is 59.2 Å². The number of halogens is 1. The highest BCUT2D eigenvalue weighted by Crippen LogP contribution is 2.28. The van der Waals surface area contributed by atoms with Crippen LogP contribution in [0.4, 0.5) is 5.69 Å². The lowest BCUT2D eigenvalue weighted by Gasteiger charge is -2.13. The Balaban J connectivity index is 1.78. The lowest BCUT2D eigenvalue weighted by atomic mass is 10.1. The maximum Gasteiger partial charge on any atom is 0.142 e. The molecule has 1 aromatic heterocycles. The van der Waals surface area contributed by atoms with Crippen molar-refractivity contribution in [3.63, 3.8) is 0 Å². The molecule has 0 amide bonds. The highest BCUT2D eigenvalue weighted by Gasteiger charge is 2.05. The largest absolute Gasteiger partial charge is 0.492 e. The topological polar surface area (TPSA) is 37.0 Å². The Kier molecular flexibility index (Phi) is 4.02. The fourth-order valence-corrected chi connectivity index (χ4v) is 2.50. The van der Waals surface area contributed by atoms with Gasteiger partial charge < -0.3 is 15.0 Å². The third kappa shape index (κ3) is 3.14. The monoisotopic (exact) mass is 300 g/mol. The lowest BCUT2D eigenvalue weighted by molar-refractivity contribution is 0.341. The molecule has 4 heteroatoms. The molecule has 0 atom stereocenters. The summed E-state index contributed by atoms with van der Waals surface area (Å²) in [5, 5.41) is 5.30. The molecule has 0 radical (unpaired) electrons. The number of benzene rings is 2. The first kappa shape index (κ1) is 13.8. The molecule has 0 unspecified atom stereocenters. The summed E-state index contributed by atoms with van der Waals surface area (Å²) in [6.45, 7) is 3.32. The van der Waals surface area contributed by atoms with E-state index >= 15 is 0 Å². The van der Waals surface area contributed by atoms with Gasteiger partial charge in [-0.2, -0.15) is 0 Å². The molecule has 0 aliphatic rings. The minimum Gasteiger partial charge on any atom is -0.492 e. The van der Waals surface area contributed by atoms with E-state index in [0.717, 1.165) is 23.5 Å². The summed E-state index contributed by atoms with van der Waals surface area (Å²) in [6.07, 6.45) is 1.95. The number of fused-ring (bicyclic) bond motifs is 1. The van der Waals surface area contributed by atoms with Gasteiger partial charge in [0.1, 0.15) is 5.75 Å². The number of aromatic amines is 1. The summed E-state index contributed by atoms with van der Waals surface area (Å²) in [7, 11) is 0. The number of nitrogens with one attached hydrogen (secondary N) is 2. The smallest absolute Gasteiger partial charge is 0.142 e. The van der Waals surface area contributed by atoms with Gasteiger partial charge in [-0.15, -0.1) is 0 Å². The molecule has 21 heavy (non-hydrogen) atoms. The Labute approximate surface area is 128 Å². The second-order valence-electron chi connectivity index (χ2n) is 4.83. The number of ether oxygens (including phenoxy) is 1. The van der Waals surface area contributed by atoms with Crippen LogP contribution in [0.3, 0.4) is 0 Å². The fourth-order valence-electron chi connectivity index (χ4n) is 2.32. The summed E-state index contributed by atoms with van der Waals surface area (Å²) < 4.78 is 5.61. The van der Waals surface area contributed by atoms with Gasteiger partial charge in [-0.3, -0.25) is 0 Å². The Morgan fingerprint density at radius 2 is 2.05 bits per heavy atom. The Hall–Kier alpha value is -2.13. The number of anilines is 1. The molecular weight excluding hydrogens is 284 g/mol. The van der Waals surface area contributed by atoms with Crippen LogP contribution in [0.25, 0.3) is 10.9 Å². The SMILES string of the molecule is CCOc1ccc(Cl)cc1NCc1ccc2cc[nH]c2c1.